The van der Waals surface area contributed by atoms with E-state index in [9.17, 15) is 8.78 Å². The average Bonchev–Trinajstić information content (AvgIpc) is 3.19. The fourth-order valence-electron chi connectivity index (χ4n) is 2.48. The molecule has 2 aromatic carbocycles. The van der Waals surface area contributed by atoms with Crippen molar-refractivity contribution >= 4 is 5.82 Å². The van der Waals surface area contributed by atoms with Crippen LogP contribution in [0.3, 0.4) is 0 Å². The summed E-state index contributed by atoms with van der Waals surface area (Å²) in [6, 6.07) is 15.7. The van der Waals surface area contributed by atoms with Gasteiger partial charge in [0.25, 0.3) is 5.89 Å². The van der Waals surface area contributed by atoms with E-state index in [0.717, 1.165) is 5.56 Å². The van der Waals surface area contributed by atoms with Crippen LogP contribution in [-0.4, -0.2) is 15.1 Å². The molecule has 1 N–H and O–H groups in total. The van der Waals surface area contributed by atoms with Gasteiger partial charge in [-0.1, -0.05) is 17.3 Å². The molecule has 0 saturated heterocycles. The number of aromatic nitrogens is 3. The van der Waals surface area contributed by atoms with Gasteiger partial charge < -0.3 is 9.84 Å². The van der Waals surface area contributed by atoms with Crippen LogP contribution in [0.4, 0.5) is 14.6 Å². The summed E-state index contributed by atoms with van der Waals surface area (Å²) in [6.45, 7) is 0.530. The van der Waals surface area contributed by atoms with Gasteiger partial charge in [0.1, 0.15) is 17.5 Å². The van der Waals surface area contributed by atoms with Gasteiger partial charge in [-0.25, -0.2) is 13.8 Å². The molecule has 0 fully saturated rings. The first-order valence-corrected chi connectivity index (χ1v) is 8.22. The maximum absolute atomic E-state index is 13.0. The Balaban J connectivity index is 1.44. The summed E-state index contributed by atoms with van der Waals surface area (Å²) < 4.78 is 31.2. The molecule has 0 radical (unpaired) electrons. The van der Waals surface area contributed by atoms with Gasteiger partial charge in [0.05, 0.1) is 5.56 Å². The summed E-state index contributed by atoms with van der Waals surface area (Å²) in [5.74, 6) is 0.785. The van der Waals surface area contributed by atoms with Gasteiger partial charge in [-0.3, -0.25) is 0 Å². The van der Waals surface area contributed by atoms with Gasteiger partial charge in [0.15, 0.2) is 0 Å². The molecule has 0 spiro atoms. The van der Waals surface area contributed by atoms with E-state index in [4.69, 9.17) is 4.52 Å². The molecular weight excluding hydrogens is 350 g/mol. The molecule has 5 nitrogen and oxygen atoms in total. The molecule has 2 aromatic heterocycles. The van der Waals surface area contributed by atoms with E-state index in [1.54, 1.807) is 36.5 Å². The summed E-state index contributed by atoms with van der Waals surface area (Å²) >= 11 is 0. The first kappa shape index (κ1) is 16.8. The van der Waals surface area contributed by atoms with Gasteiger partial charge in [-0.05, 0) is 54.1 Å². The number of benzene rings is 2. The van der Waals surface area contributed by atoms with Crippen LogP contribution < -0.4 is 5.32 Å². The molecule has 0 unspecified atom stereocenters. The molecule has 0 atom stereocenters. The predicted octanol–water partition coefficient (Wildman–Crippen LogP) is 4.69. The lowest BCUT2D eigenvalue weighted by atomic mass is 10.2. The molecule has 0 saturated carbocycles. The van der Waals surface area contributed by atoms with E-state index < -0.39 is 0 Å². The standard InChI is InChI=1S/C20H14F2N4O/c21-16-6-1-13(2-7-16)11-23-18-10-5-15(12-24-18)20-25-19(26-27-20)14-3-8-17(22)9-4-14/h1-10,12H,11H2,(H,23,24). The zero-order chi connectivity index (χ0) is 18.6. The zero-order valence-corrected chi connectivity index (χ0v) is 14.1. The Hall–Kier alpha value is -3.61. The maximum Gasteiger partial charge on any atom is 0.259 e. The number of anilines is 1. The molecule has 0 aliphatic rings. The smallest absolute Gasteiger partial charge is 0.259 e. The highest BCUT2D eigenvalue weighted by Gasteiger charge is 2.11. The highest BCUT2D eigenvalue weighted by molar-refractivity contribution is 5.60. The molecular formula is C20H14F2N4O. The molecule has 0 amide bonds. The van der Waals surface area contributed by atoms with Crippen LogP contribution in [0.15, 0.2) is 71.4 Å². The third-order valence-electron chi connectivity index (χ3n) is 3.93. The molecule has 4 aromatic rings. The third-order valence-corrected chi connectivity index (χ3v) is 3.93. The van der Waals surface area contributed by atoms with Gasteiger partial charge in [-0.2, -0.15) is 4.98 Å². The van der Waals surface area contributed by atoms with Crippen molar-refractivity contribution in [3.8, 4) is 22.8 Å². The first-order valence-electron chi connectivity index (χ1n) is 8.22. The Morgan fingerprint density at radius 1 is 0.815 bits per heavy atom. The van der Waals surface area contributed by atoms with Gasteiger partial charge in [-0.15, -0.1) is 0 Å². The van der Waals surface area contributed by atoms with Crippen molar-refractivity contribution < 1.29 is 13.3 Å². The molecule has 27 heavy (non-hydrogen) atoms. The van der Waals surface area contributed by atoms with Gasteiger partial charge in [0.2, 0.25) is 5.82 Å². The fraction of sp³-hybridized carbons (Fsp3) is 0.0500. The van der Waals surface area contributed by atoms with Crippen LogP contribution in [0.5, 0.6) is 0 Å². The summed E-state index contributed by atoms with van der Waals surface area (Å²) in [5.41, 5.74) is 2.28. The number of halogens is 2. The lowest BCUT2D eigenvalue weighted by Crippen LogP contribution is -2.01. The molecule has 0 aliphatic carbocycles. The van der Waals surface area contributed by atoms with Crippen molar-refractivity contribution in [2.75, 3.05) is 5.32 Å². The second kappa shape index (κ2) is 7.33. The maximum atomic E-state index is 13.0. The van der Waals surface area contributed by atoms with Crippen molar-refractivity contribution in [2.45, 2.75) is 6.54 Å². The van der Waals surface area contributed by atoms with E-state index in [0.29, 0.717) is 35.2 Å². The summed E-state index contributed by atoms with van der Waals surface area (Å²) in [6.07, 6.45) is 1.62. The van der Waals surface area contributed by atoms with Crippen LogP contribution in [-0.2, 0) is 6.54 Å². The van der Waals surface area contributed by atoms with Gasteiger partial charge >= 0.3 is 0 Å². The quantitative estimate of drug-likeness (QED) is 0.557. The SMILES string of the molecule is Fc1ccc(CNc2ccc(-c3nc(-c4ccc(F)cc4)no3)cn2)cc1. The van der Waals surface area contributed by atoms with Gasteiger partial charge in [0, 0.05) is 18.3 Å². The number of nitrogens with zero attached hydrogens (tertiary/aromatic N) is 3. The minimum Gasteiger partial charge on any atom is -0.366 e. The fourth-order valence-corrected chi connectivity index (χ4v) is 2.48. The predicted molar refractivity (Wildman–Crippen MR) is 96.6 cm³/mol. The normalized spacial score (nSPS) is 10.7. The Kier molecular flexibility index (Phi) is 4.57. The lowest BCUT2D eigenvalue weighted by molar-refractivity contribution is 0.432. The number of rotatable bonds is 5. The third kappa shape index (κ3) is 3.98. The van der Waals surface area contributed by atoms with E-state index >= 15 is 0 Å². The van der Waals surface area contributed by atoms with Crippen molar-refractivity contribution in [1.82, 2.24) is 15.1 Å². The molecule has 0 bridgehead atoms. The van der Waals surface area contributed by atoms with Crippen LogP contribution in [0.25, 0.3) is 22.8 Å². The van der Waals surface area contributed by atoms with E-state index in [2.05, 4.69) is 20.4 Å². The Bertz CT molecular complexity index is 1030. The summed E-state index contributed by atoms with van der Waals surface area (Å²) in [4.78, 5) is 8.63. The van der Waals surface area contributed by atoms with Crippen LogP contribution in [0.2, 0.25) is 0 Å². The molecule has 7 heteroatoms. The second-order valence-corrected chi connectivity index (χ2v) is 5.84. The zero-order valence-electron chi connectivity index (χ0n) is 14.1. The number of hydrogen-bond donors (Lipinski definition) is 1. The number of pyridine rings is 1. The topological polar surface area (TPSA) is 63.8 Å². The Labute approximate surface area is 153 Å². The van der Waals surface area contributed by atoms with Crippen LogP contribution in [0.1, 0.15) is 5.56 Å². The Morgan fingerprint density at radius 3 is 2.15 bits per heavy atom. The number of hydrogen-bond acceptors (Lipinski definition) is 5. The van der Waals surface area contributed by atoms with Crippen LogP contribution >= 0.6 is 0 Å². The monoisotopic (exact) mass is 364 g/mol. The van der Waals surface area contributed by atoms with E-state index in [1.807, 2.05) is 6.07 Å². The molecule has 0 aliphatic heterocycles. The average molecular weight is 364 g/mol. The van der Waals surface area contributed by atoms with Crippen molar-refractivity contribution in [3.05, 3.63) is 84.1 Å². The summed E-state index contributed by atoms with van der Waals surface area (Å²) in [7, 11) is 0. The minimum absolute atomic E-state index is 0.263. The van der Waals surface area contributed by atoms with E-state index in [-0.39, 0.29) is 11.6 Å². The molecule has 134 valence electrons. The molecule has 2 heterocycles. The summed E-state index contributed by atoms with van der Waals surface area (Å²) in [5, 5.41) is 7.08. The number of nitrogens with one attached hydrogen (secondary N) is 1. The largest absolute Gasteiger partial charge is 0.366 e. The molecule has 4 rings (SSSR count). The first-order chi connectivity index (χ1) is 13.2. The highest BCUT2D eigenvalue weighted by atomic mass is 19.1. The van der Waals surface area contributed by atoms with E-state index in [1.165, 1.54) is 24.3 Å². The Morgan fingerprint density at radius 2 is 1.48 bits per heavy atom. The minimum atomic E-state index is -0.324. The van der Waals surface area contributed by atoms with Crippen molar-refractivity contribution in [2.24, 2.45) is 0 Å². The van der Waals surface area contributed by atoms with Crippen LogP contribution in [0, 0.1) is 11.6 Å². The highest BCUT2D eigenvalue weighted by Crippen LogP contribution is 2.22. The van der Waals surface area contributed by atoms with Crippen molar-refractivity contribution in [1.29, 1.82) is 0 Å². The second-order valence-electron chi connectivity index (χ2n) is 5.84. The lowest BCUT2D eigenvalue weighted by Gasteiger charge is -2.05. The van der Waals surface area contributed by atoms with Crippen molar-refractivity contribution in [3.63, 3.8) is 0 Å².